The van der Waals surface area contributed by atoms with Gasteiger partial charge in [0.2, 0.25) is 0 Å². The summed E-state index contributed by atoms with van der Waals surface area (Å²) in [5.41, 5.74) is 1.01. The van der Waals surface area contributed by atoms with Crippen molar-refractivity contribution in [2.75, 3.05) is 5.32 Å². The van der Waals surface area contributed by atoms with Crippen molar-refractivity contribution >= 4 is 45.7 Å². The fraction of sp³-hybridized carbons (Fsp3) is 0. The Balaban J connectivity index is 1.94. The van der Waals surface area contributed by atoms with Gasteiger partial charge in [0.15, 0.2) is 11.6 Å². The maximum atomic E-state index is 13.3. The van der Waals surface area contributed by atoms with Gasteiger partial charge in [-0.25, -0.2) is 8.78 Å². The molecule has 0 bridgehead atoms. The van der Waals surface area contributed by atoms with Crippen LogP contribution in [0.4, 0.5) is 14.5 Å². The zero-order valence-electron chi connectivity index (χ0n) is 10.9. The highest BCUT2D eigenvalue weighted by Gasteiger charge is 2.13. The molecule has 0 aliphatic heterocycles. The van der Waals surface area contributed by atoms with E-state index in [9.17, 15) is 13.6 Å². The molecule has 0 unspecified atom stereocenters. The molecule has 3 aromatic rings. The molecule has 0 aliphatic rings. The van der Waals surface area contributed by atoms with E-state index in [0.29, 0.717) is 27.2 Å². The summed E-state index contributed by atoms with van der Waals surface area (Å²) in [5, 5.41) is 3.57. The van der Waals surface area contributed by atoms with Crippen LogP contribution in [0.3, 0.4) is 0 Å². The van der Waals surface area contributed by atoms with Crippen LogP contribution < -0.4 is 5.32 Å². The van der Waals surface area contributed by atoms with E-state index in [2.05, 4.69) is 10.3 Å². The van der Waals surface area contributed by atoms with Crippen LogP contribution >= 0.6 is 23.2 Å². The molecule has 2 N–H and O–H groups in total. The van der Waals surface area contributed by atoms with E-state index in [-0.39, 0.29) is 5.02 Å². The molecule has 0 atom stereocenters. The minimum Gasteiger partial charge on any atom is -0.359 e. The zero-order valence-corrected chi connectivity index (χ0v) is 12.4. The number of hydrogen-bond donors (Lipinski definition) is 2. The smallest absolute Gasteiger partial charge is 0.255 e. The first kappa shape index (κ1) is 14.8. The fourth-order valence-corrected chi connectivity index (χ4v) is 2.35. The van der Waals surface area contributed by atoms with E-state index in [1.54, 1.807) is 0 Å². The molecule has 0 saturated heterocycles. The maximum absolute atomic E-state index is 13.3. The van der Waals surface area contributed by atoms with Gasteiger partial charge in [0.05, 0.1) is 21.2 Å². The van der Waals surface area contributed by atoms with Crippen molar-refractivity contribution in [2.24, 2.45) is 0 Å². The molecule has 1 aromatic heterocycles. The van der Waals surface area contributed by atoms with Gasteiger partial charge in [-0.3, -0.25) is 4.79 Å². The summed E-state index contributed by atoms with van der Waals surface area (Å²) in [4.78, 5) is 14.9. The second-order valence-corrected chi connectivity index (χ2v) is 5.41. The molecule has 22 heavy (non-hydrogen) atoms. The molecule has 3 nitrogen and oxygen atoms in total. The van der Waals surface area contributed by atoms with Crippen molar-refractivity contribution in [1.82, 2.24) is 4.98 Å². The number of carbonyl (C=O) groups excluding carboxylic acids is 1. The molecule has 0 saturated carbocycles. The summed E-state index contributed by atoms with van der Waals surface area (Å²) in [7, 11) is 0. The van der Waals surface area contributed by atoms with Gasteiger partial charge in [-0.1, -0.05) is 23.2 Å². The van der Waals surface area contributed by atoms with Crippen LogP contribution in [0, 0.1) is 11.6 Å². The molecule has 1 heterocycles. The second-order valence-electron chi connectivity index (χ2n) is 4.60. The van der Waals surface area contributed by atoms with Crippen molar-refractivity contribution in [3.05, 3.63) is 63.8 Å². The highest BCUT2D eigenvalue weighted by molar-refractivity contribution is 6.42. The number of fused-ring (bicyclic) bond motifs is 1. The number of hydrogen-bond acceptors (Lipinski definition) is 1. The van der Waals surface area contributed by atoms with E-state index in [1.807, 2.05) is 0 Å². The van der Waals surface area contributed by atoms with Gasteiger partial charge >= 0.3 is 0 Å². The summed E-state index contributed by atoms with van der Waals surface area (Å²) in [6.07, 6.45) is 1.46. The molecule has 0 aliphatic carbocycles. The van der Waals surface area contributed by atoms with Crippen molar-refractivity contribution in [3.63, 3.8) is 0 Å². The zero-order chi connectivity index (χ0) is 15.9. The first-order chi connectivity index (χ1) is 10.5. The van der Waals surface area contributed by atoms with E-state index < -0.39 is 17.5 Å². The van der Waals surface area contributed by atoms with Crippen molar-refractivity contribution in [3.8, 4) is 0 Å². The van der Waals surface area contributed by atoms with Crippen LogP contribution in [0.25, 0.3) is 10.9 Å². The Morgan fingerprint density at radius 3 is 2.50 bits per heavy atom. The first-order valence-corrected chi connectivity index (χ1v) is 6.94. The quantitative estimate of drug-likeness (QED) is 0.677. The van der Waals surface area contributed by atoms with Gasteiger partial charge in [0, 0.05) is 23.2 Å². The highest BCUT2D eigenvalue weighted by atomic mass is 35.5. The predicted octanol–water partition coefficient (Wildman–Crippen LogP) is 5.01. The predicted molar refractivity (Wildman–Crippen MR) is 82.6 cm³/mol. The molecular formula is C15H8Cl2F2N2O. The SMILES string of the molecule is O=C(Nc1c[nH]c2cc(F)c(F)cc12)c1ccc(Cl)c(Cl)c1. The number of halogens is 4. The summed E-state index contributed by atoms with van der Waals surface area (Å²) in [5.74, 6) is -2.39. The Hall–Kier alpha value is -2.11. The normalized spacial score (nSPS) is 10.9. The van der Waals surface area contributed by atoms with Gasteiger partial charge in [0.25, 0.3) is 5.91 Å². The number of H-pyrrole nitrogens is 1. The molecule has 0 radical (unpaired) electrons. The van der Waals surface area contributed by atoms with Gasteiger partial charge < -0.3 is 10.3 Å². The van der Waals surface area contributed by atoms with Crippen molar-refractivity contribution in [1.29, 1.82) is 0 Å². The molecule has 112 valence electrons. The maximum Gasteiger partial charge on any atom is 0.255 e. The van der Waals surface area contributed by atoms with E-state index in [4.69, 9.17) is 23.2 Å². The van der Waals surface area contributed by atoms with Crippen LogP contribution in [0.15, 0.2) is 36.5 Å². The topological polar surface area (TPSA) is 44.9 Å². The molecule has 2 aromatic carbocycles. The number of amides is 1. The summed E-state index contributed by atoms with van der Waals surface area (Å²) >= 11 is 11.7. The highest BCUT2D eigenvalue weighted by Crippen LogP contribution is 2.27. The second kappa shape index (κ2) is 5.59. The van der Waals surface area contributed by atoms with E-state index in [0.717, 1.165) is 12.1 Å². The third kappa shape index (κ3) is 2.65. The van der Waals surface area contributed by atoms with Crippen LogP contribution in [0.1, 0.15) is 10.4 Å². The molecule has 0 spiro atoms. The summed E-state index contributed by atoms with van der Waals surface area (Å²) in [6, 6.07) is 6.49. The summed E-state index contributed by atoms with van der Waals surface area (Å²) < 4.78 is 26.5. The average molecular weight is 341 g/mol. The molecule has 3 rings (SSSR count). The number of aromatic nitrogens is 1. The number of anilines is 1. The van der Waals surface area contributed by atoms with Crippen molar-refractivity contribution < 1.29 is 13.6 Å². The standard InChI is InChI=1S/C15H8Cl2F2N2O/c16-9-2-1-7(3-10(9)17)15(22)21-14-6-20-13-5-12(19)11(18)4-8(13)14/h1-6,20H,(H,21,22). The average Bonchev–Trinajstić information content (AvgIpc) is 2.84. The van der Waals surface area contributed by atoms with Crippen LogP contribution in [0.2, 0.25) is 10.0 Å². The number of aromatic amines is 1. The largest absolute Gasteiger partial charge is 0.359 e. The fourth-order valence-electron chi connectivity index (χ4n) is 2.05. The van der Waals surface area contributed by atoms with E-state index in [1.165, 1.54) is 24.4 Å². The Bertz CT molecular complexity index is 893. The van der Waals surface area contributed by atoms with Crippen LogP contribution in [-0.4, -0.2) is 10.9 Å². The Kier molecular flexibility index (Phi) is 3.76. The van der Waals surface area contributed by atoms with Gasteiger partial charge in [-0.15, -0.1) is 0 Å². The lowest BCUT2D eigenvalue weighted by Crippen LogP contribution is -2.11. The molecule has 1 amide bonds. The lowest BCUT2D eigenvalue weighted by atomic mass is 10.2. The first-order valence-electron chi connectivity index (χ1n) is 6.18. The Morgan fingerprint density at radius 1 is 1.05 bits per heavy atom. The number of rotatable bonds is 2. The minimum absolute atomic E-state index is 0.251. The van der Waals surface area contributed by atoms with E-state index >= 15 is 0 Å². The van der Waals surface area contributed by atoms with Gasteiger partial charge in [-0.2, -0.15) is 0 Å². The number of nitrogens with one attached hydrogen (secondary N) is 2. The molecular weight excluding hydrogens is 333 g/mol. The van der Waals surface area contributed by atoms with Crippen molar-refractivity contribution in [2.45, 2.75) is 0 Å². The monoisotopic (exact) mass is 340 g/mol. The Morgan fingerprint density at radius 2 is 1.77 bits per heavy atom. The van der Waals surface area contributed by atoms with Gasteiger partial charge in [0.1, 0.15) is 0 Å². The lowest BCUT2D eigenvalue weighted by Gasteiger charge is -2.05. The third-order valence-corrected chi connectivity index (χ3v) is 3.89. The Labute approximate surface area is 133 Å². The lowest BCUT2D eigenvalue weighted by molar-refractivity contribution is 0.102. The minimum atomic E-state index is -0.989. The summed E-state index contributed by atoms with van der Waals surface area (Å²) in [6.45, 7) is 0. The third-order valence-electron chi connectivity index (χ3n) is 3.15. The molecule has 0 fully saturated rings. The van der Waals surface area contributed by atoms with Crippen LogP contribution in [0.5, 0.6) is 0 Å². The number of benzene rings is 2. The van der Waals surface area contributed by atoms with Crippen LogP contribution in [-0.2, 0) is 0 Å². The van der Waals surface area contributed by atoms with Gasteiger partial charge in [-0.05, 0) is 24.3 Å². The number of carbonyl (C=O) groups is 1. The molecule has 7 heteroatoms.